The molecule has 0 fully saturated rings. The van der Waals surface area contributed by atoms with Gasteiger partial charge in [-0.15, -0.1) is 12.4 Å². The van der Waals surface area contributed by atoms with E-state index in [0.29, 0.717) is 0 Å². The van der Waals surface area contributed by atoms with Crippen molar-refractivity contribution in [1.82, 2.24) is 0 Å². The van der Waals surface area contributed by atoms with Gasteiger partial charge in [0.05, 0.1) is 6.61 Å². The van der Waals surface area contributed by atoms with Gasteiger partial charge in [0.15, 0.2) is 0 Å². The number of rotatable bonds is 1. The summed E-state index contributed by atoms with van der Waals surface area (Å²) in [6.45, 7) is 0.215. The summed E-state index contributed by atoms with van der Waals surface area (Å²) in [4.78, 5) is 0. The summed E-state index contributed by atoms with van der Waals surface area (Å²) in [6.07, 6.45) is 6.88. The van der Waals surface area contributed by atoms with Gasteiger partial charge in [0.25, 0.3) is 0 Å². The number of hydrogen-bond acceptors (Lipinski definition) is 1. The standard InChI is InChI=1S/C6H8O.5CH3.ClH.Ti/c7-5-6-3-1-2-4-6;;;;;;;/h1-3,7H,4-5H2;5*1H3;1H;/q;5*-1;;. The fourth-order valence-electron chi connectivity index (χ4n) is 0.609. The van der Waals surface area contributed by atoms with Crippen LogP contribution < -0.4 is 0 Å². The molecule has 0 aromatic carbocycles. The van der Waals surface area contributed by atoms with Crippen molar-refractivity contribution in [2.75, 3.05) is 6.61 Å². The number of halogens is 1. The fourth-order valence-corrected chi connectivity index (χ4v) is 0.609. The van der Waals surface area contributed by atoms with Crippen molar-refractivity contribution < 1.29 is 26.8 Å². The minimum absolute atomic E-state index is 0. The van der Waals surface area contributed by atoms with E-state index in [1.54, 1.807) is 0 Å². The summed E-state index contributed by atoms with van der Waals surface area (Å²) in [5, 5.41) is 8.46. The molecule has 0 spiro atoms. The normalized spacial score (nSPS) is 8.79. The first-order valence-corrected chi connectivity index (χ1v) is 2.39. The second kappa shape index (κ2) is 29.2. The molecule has 0 saturated heterocycles. The largest absolute Gasteiger partial charge is 0.392 e. The zero-order valence-corrected chi connectivity index (χ0v) is 12.4. The van der Waals surface area contributed by atoms with E-state index in [-0.39, 0.29) is 77.9 Å². The molecular weight excluding hydrogens is 231 g/mol. The van der Waals surface area contributed by atoms with Crippen molar-refractivity contribution in [3.05, 3.63) is 60.9 Å². The predicted molar refractivity (Wildman–Crippen MR) is 68.2 cm³/mol. The maximum absolute atomic E-state index is 8.46. The van der Waals surface area contributed by atoms with Crippen LogP contribution in [0.3, 0.4) is 0 Å². The second-order valence-electron chi connectivity index (χ2n) is 1.62. The van der Waals surface area contributed by atoms with E-state index >= 15 is 0 Å². The van der Waals surface area contributed by atoms with E-state index in [1.807, 2.05) is 18.2 Å². The Labute approximate surface area is 113 Å². The Bertz CT molecular complexity index is 122. The van der Waals surface area contributed by atoms with Gasteiger partial charge in [-0.3, -0.25) is 0 Å². The molecule has 1 N–H and O–H groups in total. The van der Waals surface area contributed by atoms with Crippen LogP contribution in [0, 0.1) is 37.1 Å². The molecule has 0 aliphatic heterocycles. The molecule has 0 atom stereocenters. The fraction of sp³-hybridized carbons (Fsp3) is 0.182. The molecule has 1 aliphatic rings. The Morgan fingerprint density at radius 2 is 1.50 bits per heavy atom. The first-order chi connectivity index (χ1) is 3.43. The van der Waals surface area contributed by atoms with Crippen LogP contribution in [-0.2, 0) is 21.7 Å². The molecule has 0 bridgehead atoms. The molecule has 0 unspecified atom stereocenters. The quantitative estimate of drug-likeness (QED) is 0.561. The average molecular weight is 256 g/mol. The maximum Gasteiger partial charge on any atom is 0.0647 e. The molecule has 0 aromatic rings. The van der Waals surface area contributed by atoms with Crippen LogP contribution in [0.4, 0.5) is 0 Å². The molecular formula is C11H24ClOTi-5. The van der Waals surface area contributed by atoms with Gasteiger partial charge in [0, 0.05) is 21.7 Å². The third-order valence-corrected chi connectivity index (χ3v) is 1.05. The molecule has 0 amide bonds. The Morgan fingerprint density at radius 1 is 1.07 bits per heavy atom. The van der Waals surface area contributed by atoms with Crippen LogP contribution >= 0.6 is 12.4 Å². The summed E-state index contributed by atoms with van der Waals surface area (Å²) >= 11 is 0. The van der Waals surface area contributed by atoms with Crippen molar-refractivity contribution >= 4 is 12.4 Å². The Hall–Kier alpha value is 0.444. The molecule has 0 heterocycles. The molecule has 0 aromatic heterocycles. The van der Waals surface area contributed by atoms with Crippen molar-refractivity contribution in [3.8, 4) is 0 Å². The van der Waals surface area contributed by atoms with E-state index in [4.69, 9.17) is 5.11 Å². The van der Waals surface area contributed by atoms with Gasteiger partial charge in [0.2, 0.25) is 0 Å². The van der Waals surface area contributed by atoms with Crippen LogP contribution in [0.2, 0.25) is 0 Å². The van der Waals surface area contributed by atoms with Crippen molar-refractivity contribution in [2.24, 2.45) is 0 Å². The van der Waals surface area contributed by atoms with Crippen LogP contribution in [0.5, 0.6) is 0 Å². The predicted octanol–water partition coefficient (Wildman–Crippen LogP) is 3.54. The summed E-state index contributed by atoms with van der Waals surface area (Å²) in [6, 6.07) is 0. The molecule has 1 rings (SSSR count). The number of aliphatic hydroxyl groups excluding tert-OH is 1. The zero-order chi connectivity index (χ0) is 5.11. The van der Waals surface area contributed by atoms with Gasteiger partial charge in [-0.1, -0.05) is 18.2 Å². The average Bonchev–Trinajstić information content (AvgIpc) is 2.14. The summed E-state index contributed by atoms with van der Waals surface area (Å²) in [5.41, 5.74) is 1.11. The second-order valence-corrected chi connectivity index (χ2v) is 1.62. The third kappa shape index (κ3) is 18.3. The van der Waals surface area contributed by atoms with Crippen LogP contribution in [-0.4, -0.2) is 11.7 Å². The third-order valence-electron chi connectivity index (χ3n) is 1.05. The van der Waals surface area contributed by atoms with Crippen molar-refractivity contribution in [3.63, 3.8) is 0 Å². The van der Waals surface area contributed by atoms with Gasteiger partial charge >= 0.3 is 0 Å². The number of allylic oxidation sites excluding steroid dienone is 3. The molecule has 14 heavy (non-hydrogen) atoms. The summed E-state index contributed by atoms with van der Waals surface area (Å²) < 4.78 is 0. The molecule has 90 valence electrons. The molecule has 0 saturated carbocycles. The first kappa shape index (κ1) is 47.1. The van der Waals surface area contributed by atoms with Crippen LogP contribution in [0.25, 0.3) is 0 Å². The van der Waals surface area contributed by atoms with E-state index in [1.165, 1.54) is 0 Å². The van der Waals surface area contributed by atoms with E-state index in [9.17, 15) is 0 Å². The van der Waals surface area contributed by atoms with Gasteiger partial charge < -0.3 is 42.2 Å². The Balaban J connectivity index is -0.0000000140. The van der Waals surface area contributed by atoms with Crippen LogP contribution in [0.15, 0.2) is 23.8 Å². The summed E-state index contributed by atoms with van der Waals surface area (Å²) in [5.74, 6) is 0. The van der Waals surface area contributed by atoms with E-state index in [0.717, 1.165) is 12.0 Å². The number of hydrogen-bond donors (Lipinski definition) is 1. The SMILES string of the molecule is Cl.OCC1=CC=CC1.[CH3-].[CH3-].[CH3-].[CH3-].[CH3-].[Ti]. The van der Waals surface area contributed by atoms with Gasteiger partial charge in [0.1, 0.15) is 0 Å². The Morgan fingerprint density at radius 3 is 1.64 bits per heavy atom. The number of aliphatic hydroxyl groups is 1. The smallest absolute Gasteiger partial charge is 0.0647 e. The maximum atomic E-state index is 8.46. The van der Waals surface area contributed by atoms with Gasteiger partial charge in [-0.05, 0) is 12.0 Å². The topological polar surface area (TPSA) is 20.2 Å². The van der Waals surface area contributed by atoms with E-state index < -0.39 is 0 Å². The molecule has 0 radical (unpaired) electrons. The molecule has 3 heteroatoms. The summed E-state index contributed by atoms with van der Waals surface area (Å²) in [7, 11) is 0. The first-order valence-electron chi connectivity index (χ1n) is 2.39. The van der Waals surface area contributed by atoms with Crippen molar-refractivity contribution in [1.29, 1.82) is 0 Å². The minimum atomic E-state index is 0. The monoisotopic (exact) mass is 255 g/mol. The van der Waals surface area contributed by atoms with Gasteiger partial charge in [-0.2, -0.15) is 0 Å². The molecule has 1 nitrogen and oxygen atoms in total. The Kier molecular flexibility index (Phi) is 98.3. The molecule has 1 aliphatic carbocycles. The van der Waals surface area contributed by atoms with Crippen molar-refractivity contribution in [2.45, 2.75) is 6.42 Å². The van der Waals surface area contributed by atoms with Crippen LogP contribution in [0.1, 0.15) is 6.42 Å². The minimum Gasteiger partial charge on any atom is -0.392 e. The van der Waals surface area contributed by atoms with Gasteiger partial charge in [-0.25, -0.2) is 0 Å². The zero-order valence-electron chi connectivity index (χ0n) is 10.0. The van der Waals surface area contributed by atoms with E-state index in [2.05, 4.69) is 0 Å².